The summed E-state index contributed by atoms with van der Waals surface area (Å²) in [6.07, 6.45) is 3.71. The van der Waals surface area contributed by atoms with E-state index >= 15 is 0 Å². The Hall–Kier alpha value is -2.59. The van der Waals surface area contributed by atoms with Crippen molar-refractivity contribution < 1.29 is 4.74 Å². The zero-order valence-corrected chi connectivity index (χ0v) is 17.4. The third-order valence-corrected chi connectivity index (χ3v) is 5.05. The molecule has 29 heavy (non-hydrogen) atoms. The Labute approximate surface area is 183 Å². The highest BCUT2D eigenvalue weighted by molar-refractivity contribution is 6.35. The summed E-state index contributed by atoms with van der Waals surface area (Å²) in [7, 11) is 0. The van der Waals surface area contributed by atoms with Gasteiger partial charge in [0.1, 0.15) is 12.3 Å². The molecule has 1 aromatic heterocycles. The average Bonchev–Trinajstić information content (AvgIpc) is 2.72. The molecule has 4 aromatic rings. The fraction of sp³-hybridized carbons (Fsp3) is 0.0435. The molecule has 0 spiro atoms. The summed E-state index contributed by atoms with van der Waals surface area (Å²) in [5.74, 6) is 0.444. The lowest BCUT2D eigenvalue weighted by Gasteiger charge is -2.09. The highest BCUT2D eigenvalue weighted by Gasteiger charge is 2.09. The smallest absolute Gasteiger partial charge is 0.240 e. The van der Waals surface area contributed by atoms with E-state index < -0.39 is 0 Å². The summed E-state index contributed by atoms with van der Waals surface area (Å²) in [5, 5.41) is 1.83. The first kappa shape index (κ1) is 19.7. The first-order valence-corrected chi connectivity index (χ1v) is 9.99. The predicted molar refractivity (Wildman–Crippen MR) is 121 cm³/mol. The summed E-state index contributed by atoms with van der Waals surface area (Å²) < 4.78 is 5.99. The fourth-order valence-electron chi connectivity index (χ4n) is 2.75. The van der Waals surface area contributed by atoms with E-state index in [1.165, 1.54) is 0 Å². The van der Waals surface area contributed by atoms with Crippen molar-refractivity contribution in [3.63, 3.8) is 0 Å². The van der Waals surface area contributed by atoms with Gasteiger partial charge in [0.05, 0.1) is 11.0 Å². The van der Waals surface area contributed by atoms with Crippen LogP contribution in [0, 0.1) is 0 Å². The van der Waals surface area contributed by atoms with Gasteiger partial charge in [-0.2, -0.15) is 0 Å². The molecule has 0 atom stereocenters. The van der Waals surface area contributed by atoms with Crippen LogP contribution in [0.4, 0.5) is 0 Å². The van der Waals surface area contributed by atoms with Gasteiger partial charge in [0.15, 0.2) is 0 Å². The number of ether oxygens (including phenoxy) is 1. The molecule has 0 saturated heterocycles. The number of nitrogens with zero attached hydrogens (tertiary/aromatic N) is 2. The van der Waals surface area contributed by atoms with Crippen LogP contribution >= 0.6 is 34.8 Å². The van der Waals surface area contributed by atoms with Gasteiger partial charge in [-0.25, -0.2) is 9.97 Å². The molecule has 0 amide bonds. The normalized spacial score (nSPS) is 11.3. The van der Waals surface area contributed by atoms with Crippen LogP contribution in [-0.4, -0.2) is 9.97 Å². The Bertz CT molecular complexity index is 1190. The van der Waals surface area contributed by atoms with E-state index in [1.54, 1.807) is 12.1 Å². The fourth-order valence-corrected chi connectivity index (χ4v) is 3.35. The van der Waals surface area contributed by atoms with Gasteiger partial charge in [-0.05, 0) is 53.6 Å². The predicted octanol–water partition coefficient (Wildman–Crippen LogP) is 7.34. The number of benzene rings is 3. The van der Waals surface area contributed by atoms with Gasteiger partial charge in [-0.3, -0.25) is 0 Å². The van der Waals surface area contributed by atoms with Crippen LogP contribution in [0.3, 0.4) is 0 Å². The summed E-state index contributed by atoms with van der Waals surface area (Å²) in [5.41, 5.74) is 3.98. The minimum Gasteiger partial charge on any atom is -0.471 e. The Morgan fingerprint density at radius 3 is 2.17 bits per heavy atom. The molecule has 6 heteroatoms. The lowest BCUT2D eigenvalue weighted by molar-refractivity contribution is 0.293. The molecular weight excluding hydrogens is 427 g/mol. The van der Waals surface area contributed by atoms with Gasteiger partial charge in [0, 0.05) is 15.1 Å². The van der Waals surface area contributed by atoms with Gasteiger partial charge < -0.3 is 4.74 Å². The van der Waals surface area contributed by atoms with E-state index in [1.807, 2.05) is 66.7 Å². The molecule has 0 aliphatic heterocycles. The summed E-state index contributed by atoms with van der Waals surface area (Å²) in [6, 6.07) is 20.5. The molecule has 3 nitrogen and oxygen atoms in total. The molecule has 0 unspecified atom stereocenters. The molecule has 144 valence electrons. The monoisotopic (exact) mass is 440 g/mol. The van der Waals surface area contributed by atoms with Crippen LogP contribution in [-0.2, 0) is 6.61 Å². The second-order valence-electron chi connectivity index (χ2n) is 6.32. The van der Waals surface area contributed by atoms with Crippen molar-refractivity contribution in [3.8, 4) is 5.88 Å². The molecule has 1 heterocycles. The van der Waals surface area contributed by atoms with Crippen molar-refractivity contribution in [2.75, 3.05) is 0 Å². The zero-order valence-electron chi connectivity index (χ0n) is 15.1. The molecule has 0 radical (unpaired) electrons. The highest BCUT2D eigenvalue weighted by Crippen LogP contribution is 2.26. The molecule has 0 aliphatic carbocycles. The average molecular weight is 442 g/mol. The van der Waals surface area contributed by atoms with Crippen LogP contribution in [0.2, 0.25) is 15.1 Å². The largest absolute Gasteiger partial charge is 0.471 e. The topological polar surface area (TPSA) is 35.0 Å². The number of hydrogen-bond donors (Lipinski definition) is 0. The van der Waals surface area contributed by atoms with E-state index in [0.29, 0.717) is 33.2 Å². The van der Waals surface area contributed by atoms with Crippen LogP contribution in [0.25, 0.3) is 23.2 Å². The standard InChI is InChI=1S/C23H15Cl3N2O/c24-17-9-5-15(6-10-17)14-29-23-22(27-20-3-1-2-4-21(20)28-23)12-8-16-7-11-18(25)13-19(16)26/h1-13H,14H2. The van der Waals surface area contributed by atoms with E-state index in [2.05, 4.69) is 4.98 Å². The van der Waals surface area contributed by atoms with Gasteiger partial charge >= 0.3 is 0 Å². The maximum atomic E-state index is 6.27. The lowest BCUT2D eigenvalue weighted by atomic mass is 10.2. The molecular formula is C23H15Cl3N2O. The van der Waals surface area contributed by atoms with Gasteiger partial charge in [-0.1, -0.05) is 71.2 Å². The van der Waals surface area contributed by atoms with E-state index in [9.17, 15) is 0 Å². The van der Waals surface area contributed by atoms with Crippen LogP contribution in [0.15, 0.2) is 66.7 Å². The Morgan fingerprint density at radius 2 is 1.45 bits per heavy atom. The highest BCUT2D eigenvalue weighted by atomic mass is 35.5. The second-order valence-corrected chi connectivity index (χ2v) is 7.60. The molecule has 4 rings (SSSR count). The number of hydrogen-bond acceptors (Lipinski definition) is 3. The lowest BCUT2D eigenvalue weighted by Crippen LogP contribution is -2.01. The summed E-state index contributed by atoms with van der Waals surface area (Å²) in [6.45, 7) is 0.354. The Kier molecular flexibility index (Phi) is 6.00. The molecule has 0 bridgehead atoms. The molecule has 0 N–H and O–H groups in total. The minimum absolute atomic E-state index is 0.354. The van der Waals surface area contributed by atoms with E-state index in [0.717, 1.165) is 22.2 Å². The third kappa shape index (κ3) is 4.88. The third-order valence-electron chi connectivity index (χ3n) is 4.24. The molecule has 3 aromatic carbocycles. The van der Waals surface area contributed by atoms with Gasteiger partial charge in [0.2, 0.25) is 5.88 Å². The number of rotatable bonds is 5. The number of halogens is 3. The second kappa shape index (κ2) is 8.83. The van der Waals surface area contributed by atoms with E-state index in [-0.39, 0.29) is 0 Å². The van der Waals surface area contributed by atoms with Gasteiger partial charge in [0.25, 0.3) is 0 Å². The quantitative estimate of drug-likeness (QED) is 0.325. The first-order valence-electron chi connectivity index (χ1n) is 8.86. The van der Waals surface area contributed by atoms with Crippen molar-refractivity contribution >= 4 is 58.0 Å². The summed E-state index contributed by atoms with van der Waals surface area (Å²) in [4.78, 5) is 9.34. The number of aromatic nitrogens is 2. The van der Waals surface area contributed by atoms with Crippen LogP contribution < -0.4 is 4.74 Å². The Balaban J connectivity index is 1.67. The van der Waals surface area contributed by atoms with Gasteiger partial charge in [-0.15, -0.1) is 0 Å². The minimum atomic E-state index is 0.354. The number of para-hydroxylation sites is 2. The van der Waals surface area contributed by atoms with Crippen LogP contribution in [0.1, 0.15) is 16.8 Å². The van der Waals surface area contributed by atoms with Crippen LogP contribution in [0.5, 0.6) is 5.88 Å². The molecule has 0 aliphatic rings. The zero-order chi connectivity index (χ0) is 20.2. The van der Waals surface area contributed by atoms with Crippen molar-refractivity contribution in [2.45, 2.75) is 6.61 Å². The Morgan fingerprint density at radius 1 is 0.759 bits per heavy atom. The maximum absolute atomic E-state index is 6.27. The number of fused-ring (bicyclic) bond motifs is 1. The van der Waals surface area contributed by atoms with Crippen molar-refractivity contribution in [1.82, 2.24) is 9.97 Å². The molecule has 0 saturated carbocycles. The summed E-state index contributed by atoms with van der Waals surface area (Å²) >= 11 is 18.2. The van der Waals surface area contributed by atoms with E-state index in [4.69, 9.17) is 44.5 Å². The maximum Gasteiger partial charge on any atom is 0.240 e. The molecule has 0 fully saturated rings. The van der Waals surface area contributed by atoms with Crippen molar-refractivity contribution in [1.29, 1.82) is 0 Å². The first-order chi connectivity index (χ1) is 14.1. The van der Waals surface area contributed by atoms with Crippen molar-refractivity contribution in [2.24, 2.45) is 0 Å². The SMILES string of the molecule is Clc1ccc(COc2nc3ccccc3nc2C=Cc2ccc(Cl)cc2Cl)cc1. The van der Waals surface area contributed by atoms with Crippen molar-refractivity contribution in [3.05, 3.63) is 98.6 Å².